The molecule has 0 radical (unpaired) electrons. The van der Waals surface area contributed by atoms with Gasteiger partial charge >= 0.3 is 0 Å². The Morgan fingerprint density at radius 2 is 1.61 bits per heavy atom. The van der Waals surface area contributed by atoms with E-state index in [2.05, 4.69) is 59.3 Å². The van der Waals surface area contributed by atoms with Crippen LogP contribution in [-0.2, 0) is 60.4 Å². The number of nitrogens with one attached hydrogen (secondary N) is 6. The third-order valence-electron chi connectivity index (χ3n) is 14.4. The lowest BCUT2D eigenvalue weighted by atomic mass is 9.85. The van der Waals surface area contributed by atoms with Crippen molar-refractivity contribution in [2.45, 2.75) is 152 Å². The maximum atomic E-state index is 15.1. The van der Waals surface area contributed by atoms with Crippen molar-refractivity contribution in [2.75, 3.05) is 44.4 Å². The zero-order valence-corrected chi connectivity index (χ0v) is 47.4. The molecule has 1 aromatic heterocycles. The zero-order valence-electron chi connectivity index (χ0n) is 45.0. The minimum Gasteiger partial charge on any atom is -0.493 e. The summed E-state index contributed by atoms with van der Waals surface area (Å²) in [5, 5.41) is 45.0. The van der Waals surface area contributed by atoms with Crippen LogP contribution in [0, 0.1) is 29.6 Å². The van der Waals surface area contributed by atoms with Crippen molar-refractivity contribution in [3.8, 4) is 5.75 Å². The maximum Gasteiger partial charge on any atom is 0.243 e. The van der Waals surface area contributed by atoms with Gasteiger partial charge < -0.3 is 62.3 Å². The Labute approximate surface area is 459 Å². The van der Waals surface area contributed by atoms with E-state index < -0.39 is 175 Å². The largest absolute Gasteiger partial charge is 0.493 e. The van der Waals surface area contributed by atoms with Crippen molar-refractivity contribution in [3.63, 3.8) is 0 Å². The quantitative estimate of drug-likeness (QED) is 0.0778. The molecule has 5 rings (SSSR count). The second-order valence-corrected chi connectivity index (χ2v) is 26.1. The first-order valence-electron chi connectivity index (χ1n) is 26.3. The number of fused-ring (bicyclic) bond motifs is 5. The number of carbonyl (C=O) groups excluding carboxylic acids is 9. The molecule has 428 valence electrons. The van der Waals surface area contributed by atoms with Crippen molar-refractivity contribution in [1.82, 2.24) is 36.5 Å². The topological polar surface area (TPSA) is 346 Å². The summed E-state index contributed by atoms with van der Waals surface area (Å²) in [6.45, 7) is 11.1. The summed E-state index contributed by atoms with van der Waals surface area (Å²) < 4.78 is 21.2. The van der Waals surface area contributed by atoms with Gasteiger partial charge in [-0.15, -0.1) is 0 Å². The smallest absolute Gasteiger partial charge is 0.243 e. The molecule has 77 heavy (non-hydrogen) atoms. The van der Waals surface area contributed by atoms with Crippen molar-refractivity contribution < 1.29 is 67.4 Å². The third kappa shape index (κ3) is 17.7. The van der Waals surface area contributed by atoms with Crippen LogP contribution in [0.1, 0.15) is 105 Å². The van der Waals surface area contributed by atoms with Gasteiger partial charge in [-0.1, -0.05) is 69.0 Å². The molecule has 22 nitrogen and oxygen atoms in total. The predicted molar refractivity (Wildman–Crippen MR) is 291 cm³/mol. The lowest BCUT2D eigenvalue weighted by Crippen LogP contribution is -2.56. The van der Waals surface area contributed by atoms with E-state index in [0.717, 1.165) is 23.5 Å². The number of nitrogens with two attached hydrogens (primary N) is 1. The number of amides is 7. The molecule has 1 saturated heterocycles. The van der Waals surface area contributed by atoms with Gasteiger partial charge in [-0.05, 0) is 62.6 Å². The first-order chi connectivity index (χ1) is 36.3. The summed E-state index contributed by atoms with van der Waals surface area (Å²) in [5.41, 5.74) is 6.22. The highest BCUT2D eigenvalue weighted by atomic mass is 33.1. The van der Waals surface area contributed by atoms with Gasteiger partial charge in [0.25, 0.3) is 0 Å². The number of rotatable bonds is 17. The molecule has 11 N–H and O–H groups in total. The van der Waals surface area contributed by atoms with Crippen LogP contribution in [0.25, 0.3) is 10.9 Å². The van der Waals surface area contributed by atoms with Gasteiger partial charge in [0.15, 0.2) is 11.6 Å². The Bertz CT molecular complexity index is 2510. The van der Waals surface area contributed by atoms with Crippen molar-refractivity contribution in [3.05, 3.63) is 23.8 Å². The lowest BCUT2D eigenvalue weighted by molar-refractivity contribution is -0.145. The highest BCUT2D eigenvalue weighted by molar-refractivity contribution is 8.77. The highest BCUT2D eigenvalue weighted by Crippen LogP contribution is 2.39. The van der Waals surface area contributed by atoms with Crippen LogP contribution >= 0.6 is 21.6 Å². The fourth-order valence-electron chi connectivity index (χ4n) is 9.55. The van der Waals surface area contributed by atoms with E-state index >= 15 is 4.21 Å². The standard InChI is InChI=1S/C52H78N8O14S3/c1-8-28(4)45-49(71)55-22-43(67)56-37-26-77(73)50-35(34-12-11-33(21-36(34)57-50)74-14-13-52(6,7)76-75-15-9-10-27(2)3)16-30(47(69)54-23-44(68)58-45)17-40(64)46(29(5)41(65)25-61)59-48(70)38-20-32(62)24-60(38)51(72)31(18-39(37)63)19-42(53)66/h11-12,21,27-32,37-38,41,45-46,57,61-62,65H,8-10,13-20,22-26H2,1-7H3,(H2,53,66)(H,54,69)(H,55,71)(H,56,67)(H,58,68)(H,59,70)/t28-,29-,30+,31-,32?,37?,38-,41-,45-,46-,77+/m0/s1. The number of aromatic amines is 1. The summed E-state index contributed by atoms with van der Waals surface area (Å²) in [6, 6.07) is -0.999. The zero-order chi connectivity index (χ0) is 56.9. The maximum absolute atomic E-state index is 15.1. The SMILES string of the molecule is CC[C@H](C)[C@@H]1NC(=O)CNC(=O)[C@H]2CC(=O)[C@H]([C@@H](C)[C@@H](O)CO)NC(=O)[C@@H]3CC(O)CN3C(=O)[C@H](CC(N)=O)CC(=O)C(C[S@@](=O)c3[nH]c4cc(OCCC(C)(C)SSCCCC(C)C)ccc4c3C2)NC(=O)CNC1=O. The van der Waals surface area contributed by atoms with E-state index in [1.54, 1.807) is 42.8 Å². The Hall–Kier alpha value is -5.08. The predicted octanol–water partition coefficient (Wildman–Crippen LogP) is 0.921. The molecule has 0 spiro atoms. The lowest BCUT2D eigenvalue weighted by Gasteiger charge is -2.32. The number of hydrogen-bond donors (Lipinski definition) is 10. The van der Waals surface area contributed by atoms with Crippen LogP contribution in [0.5, 0.6) is 5.75 Å². The number of ether oxygens (including phenoxy) is 1. The van der Waals surface area contributed by atoms with Crippen LogP contribution in [0.4, 0.5) is 0 Å². The molecular formula is C52H78N8O14S3. The Morgan fingerprint density at radius 3 is 2.27 bits per heavy atom. The molecule has 1 fully saturated rings. The third-order valence-corrected chi connectivity index (χ3v) is 19.3. The van der Waals surface area contributed by atoms with E-state index in [1.807, 2.05) is 10.8 Å². The van der Waals surface area contributed by atoms with E-state index in [0.29, 0.717) is 42.0 Å². The van der Waals surface area contributed by atoms with Crippen LogP contribution in [0.3, 0.4) is 0 Å². The van der Waals surface area contributed by atoms with E-state index in [1.165, 1.54) is 6.92 Å². The molecule has 2 bridgehead atoms. The molecule has 2 aromatic rings. The number of aliphatic hydroxyl groups is 3. The first kappa shape index (κ1) is 62.8. The average molecular weight is 1140 g/mol. The summed E-state index contributed by atoms with van der Waals surface area (Å²) in [6.07, 6.45) is -2.50. The molecule has 3 aliphatic heterocycles. The number of aromatic nitrogens is 1. The van der Waals surface area contributed by atoms with Crippen molar-refractivity contribution in [2.24, 2.45) is 35.3 Å². The summed E-state index contributed by atoms with van der Waals surface area (Å²) in [4.78, 5) is 131. The highest BCUT2D eigenvalue weighted by Gasteiger charge is 2.45. The number of primary amides is 1. The van der Waals surface area contributed by atoms with E-state index in [-0.39, 0.29) is 28.2 Å². The monoisotopic (exact) mass is 1130 g/mol. The number of nitrogens with zero attached hydrogens (tertiary/aromatic N) is 1. The molecule has 25 heteroatoms. The van der Waals surface area contributed by atoms with Crippen LogP contribution in [0.2, 0.25) is 0 Å². The van der Waals surface area contributed by atoms with E-state index in [9.17, 15) is 58.5 Å². The number of H-pyrrole nitrogens is 1. The first-order valence-corrected chi connectivity index (χ1v) is 30.0. The van der Waals surface area contributed by atoms with E-state index in [4.69, 9.17) is 10.5 Å². The van der Waals surface area contributed by atoms with Gasteiger partial charge in [0.05, 0.1) is 78.6 Å². The summed E-state index contributed by atoms with van der Waals surface area (Å²) in [7, 11) is 1.31. The van der Waals surface area contributed by atoms with Crippen molar-refractivity contribution in [1.29, 1.82) is 0 Å². The number of benzene rings is 1. The molecule has 2 unspecified atom stereocenters. The Morgan fingerprint density at radius 1 is 0.922 bits per heavy atom. The minimum absolute atomic E-state index is 0.0290. The number of Topliss-reactive ketones (excluding diaryl/α,β-unsaturated/α-hetero) is 2. The van der Waals surface area contributed by atoms with Gasteiger partial charge in [0.1, 0.15) is 22.9 Å². The molecule has 3 aliphatic rings. The fourth-order valence-corrected chi connectivity index (χ4v) is 13.6. The van der Waals surface area contributed by atoms with Gasteiger partial charge in [-0.25, -0.2) is 0 Å². The molecule has 0 saturated carbocycles. The number of hydrogen-bond acceptors (Lipinski definition) is 16. The number of aliphatic hydroxyl groups excluding tert-OH is 3. The van der Waals surface area contributed by atoms with Gasteiger partial charge in [0, 0.05) is 66.0 Å². The normalized spacial score (nSPS) is 26.2. The van der Waals surface area contributed by atoms with Crippen LogP contribution in [-0.4, -0.2) is 168 Å². The Balaban J connectivity index is 1.67. The van der Waals surface area contributed by atoms with Crippen molar-refractivity contribution >= 4 is 96.2 Å². The molecule has 4 heterocycles. The van der Waals surface area contributed by atoms with Gasteiger partial charge in [-0.2, -0.15) is 0 Å². The second kappa shape index (κ2) is 28.7. The number of carbonyl (C=O) groups is 9. The van der Waals surface area contributed by atoms with Gasteiger partial charge in [0.2, 0.25) is 41.4 Å². The molecule has 0 aliphatic carbocycles. The number of ketones is 2. The minimum atomic E-state index is -2.30. The second-order valence-electron chi connectivity index (χ2n) is 21.5. The van der Waals surface area contributed by atoms with Gasteiger partial charge in [-0.3, -0.25) is 47.4 Å². The summed E-state index contributed by atoms with van der Waals surface area (Å²) >= 11 is 0. The van der Waals surface area contributed by atoms with Crippen LogP contribution < -0.4 is 37.1 Å². The molecule has 11 atom stereocenters. The summed E-state index contributed by atoms with van der Waals surface area (Å²) in [5.74, 6) is -11.3. The molecular weight excluding hydrogens is 1060 g/mol. The van der Waals surface area contributed by atoms with Crippen LogP contribution in [0.15, 0.2) is 23.2 Å². The Kier molecular flexibility index (Phi) is 23.4. The molecule has 7 amide bonds. The fraction of sp³-hybridized carbons (Fsp3) is 0.673. The average Bonchev–Trinajstić information content (AvgIpc) is 3.96. The molecule has 1 aromatic carbocycles.